The Kier molecular flexibility index (Phi) is 28.5. The van der Waals surface area contributed by atoms with Crippen molar-refractivity contribution in [2.75, 3.05) is 6.61 Å². The lowest BCUT2D eigenvalue weighted by Gasteiger charge is -2.22. The number of rotatable bonds is 29. The van der Waals surface area contributed by atoms with Crippen LogP contribution in [0.5, 0.6) is 0 Å². The minimum atomic E-state index is -0.649. The highest BCUT2D eigenvalue weighted by Crippen LogP contribution is 2.15. The van der Waals surface area contributed by atoms with E-state index in [1.165, 1.54) is 128 Å². The summed E-state index contributed by atoms with van der Waals surface area (Å²) in [5.41, 5.74) is 0. The molecular weight excluding hydrogens is 446 g/mol. The lowest BCUT2D eigenvalue weighted by atomic mass is 10.0. The molecule has 0 aromatic rings. The van der Waals surface area contributed by atoms with Crippen LogP contribution in [0.2, 0.25) is 0 Å². The first-order valence-electron chi connectivity index (χ1n) is 16.2. The summed E-state index contributed by atoms with van der Waals surface area (Å²) in [6, 6.07) is -0.525. The molecule has 1 amide bonds. The second-order valence-electron chi connectivity index (χ2n) is 11.2. The fraction of sp³-hybridized carbons (Fsp3) is 0.969. The molecule has 0 aromatic carbocycles. The SMILES string of the molecule is CCCCCCCCCCCCCCCCCCCCC(O)C(CO)NC(=O)CCCCCCCC. The number of unbranched alkanes of at least 4 members (excludes halogenated alkanes) is 22. The Morgan fingerprint density at radius 2 is 0.889 bits per heavy atom. The molecule has 4 heteroatoms. The van der Waals surface area contributed by atoms with E-state index in [1.54, 1.807) is 0 Å². The quantitative estimate of drug-likeness (QED) is 0.0877. The van der Waals surface area contributed by atoms with Crippen LogP contribution in [0.25, 0.3) is 0 Å². The molecule has 0 heterocycles. The van der Waals surface area contributed by atoms with Crippen LogP contribution in [0.15, 0.2) is 0 Å². The van der Waals surface area contributed by atoms with E-state index in [0.717, 1.165) is 25.7 Å². The summed E-state index contributed by atoms with van der Waals surface area (Å²) in [4.78, 5) is 12.1. The smallest absolute Gasteiger partial charge is 0.220 e. The number of hydrogen-bond acceptors (Lipinski definition) is 3. The summed E-state index contributed by atoms with van der Waals surface area (Å²) in [5, 5.41) is 22.8. The summed E-state index contributed by atoms with van der Waals surface area (Å²) in [6.07, 6.45) is 31.7. The number of aliphatic hydroxyl groups is 2. The van der Waals surface area contributed by atoms with Gasteiger partial charge in [-0.2, -0.15) is 0 Å². The van der Waals surface area contributed by atoms with Crippen molar-refractivity contribution >= 4 is 5.91 Å². The second-order valence-corrected chi connectivity index (χ2v) is 11.2. The van der Waals surface area contributed by atoms with Crippen molar-refractivity contribution in [3.8, 4) is 0 Å². The fourth-order valence-corrected chi connectivity index (χ4v) is 5.06. The van der Waals surface area contributed by atoms with Gasteiger partial charge >= 0.3 is 0 Å². The highest BCUT2D eigenvalue weighted by Gasteiger charge is 2.19. The highest BCUT2D eigenvalue weighted by atomic mass is 16.3. The first kappa shape index (κ1) is 35.4. The van der Waals surface area contributed by atoms with Gasteiger partial charge in [0.05, 0.1) is 18.8 Å². The highest BCUT2D eigenvalue weighted by molar-refractivity contribution is 5.76. The topological polar surface area (TPSA) is 69.6 Å². The maximum Gasteiger partial charge on any atom is 0.220 e. The molecule has 0 aromatic heterocycles. The van der Waals surface area contributed by atoms with E-state index in [-0.39, 0.29) is 12.5 Å². The van der Waals surface area contributed by atoms with Gasteiger partial charge in [0.25, 0.3) is 0 Å². The van der Waals surface area contributed by atoms with Gasteiger partial charge in [0.1, 0.15) is 0 Å². The van der Waals surface area contributed by atoms with E-state index in [2.05, 4.69) is 19.2 Å². The van der Waals surface area contributed by atoms with E-state index in [0.29, 0.717) is 12.8 Å². The van der Waals surface area contributed by atoms with E-state index in [9.17, 15) is 15.0 Å². The number of carbonyl (C=O) groups excluding carboxylic acids is 1. The second kappa shape index (κ2) is 29.0. The van der Waals surface area contributed by atoms with Gasteiger partial charge in [0, 0.05) is 6.42 Å². The molecule has 36 heavy (non-hydrogen) atoms. The summed E-state index contributed by atoms with van der Waals surface area (Å²) in [7, 11) is 0. The van der Waals surface area contributed by atoms with Crippen LogP contribution < -0.4 is 5.32 Å². The molecule has 0 bridgehead atoms. The van der Waals surface area contributed by atoms with Crippen LogP contribution in [0.3, 0.4) is 0 Å². The maximum atomic E-state index is 12.1. The number of carbonyl (C=O) groups is 1. The minimum absolute atomic E-state index is 0.0404. The largest absolute Gasteiger partial charge is 0.394 e. The molecule has 0 rings (SSSR count). The van der Waals surface area contributed by atoms with Crippen molar-refractivity contribution in [2.24, 2.45) is 0 Å². The molecule has 0 radical (unpaired) electrons. The van der Waals surface area contributed by atoms with Gasteiger partial charge in [-0.25, -0.2) is 0 Å². The zero-order valence-corrected chi connectivity index (χ0v) is 24.5. The van der Waals surface area contributed by atoms with Crippen molar-refractivity contribution in [3.05, 3.63) is 0 Å². The molecule has 2 unspecified atom stereocenters. The van der Waals surface area contributed by atoms with Gasteiger partial charge in [-0.3, -0.25) is 4.79 Å². The maximum absolute atomic E-state index is 12.1. The minimum Gasteiger partial charge on any atom is -0.394 e. The third kappa shape index (κ3) is 25.1. The van der Waals surface area contributed by atoms with Gasteiger partial charge in [0.2, 0.25) is 5.91 Å². The molecule has 0 aliphatic carbocycles. The van der Waals surface area contributed by atoms with Crippen LogP contribution in [0, 0.1) is 0 Å². The van der Waals surface area contributed by atoms with Crippen LogP contribution >= 0.6 is 0 Å². The predicted octanol–water partition coefficient (Wildman–Crippen LogP) is 9.01. The lowest BCUT2D eigenvalue weighted by Crippen LogP contribution is -2.45. The van der Waals surface area contributed by atoms with Gasteiger partial charge in [-0.1, -0.05) is 162 Å². The Morgan fingerprint density at radius 1 is 0.556 bits per heavy atom. The van der Waals surface area contributed by atoms with Gasteiger partial charge < -0.3 is 15.5 Å². The molecule has 0 aliphatic rings. The monoisotopic (exact) mass is 511 g/mol. The third-order valence-corrected chi connectivity index (χ3v) is 7.62. The fourth-order valence-electron chi connectivity index (χ4n) is 5.06. The van der Waals surface area contributed by atoms with Crippen LogP contribution in [0.4, 0.5) is 0 Å². The molecular formula is C32H65NO3. The summed E-state index contributed by atoms with van der Waals surface area (Å²) >= 11 is 0. The number of nitrogens with one attached hydrogen (secondary N) is 1. The van der Waals surface area contributed by atoms with Crippen molar-refractivity contribution in [1.29, 1.82) is 0 Å². The van der Waals surface area contributed by atoms with Crippen LogP contribution in [-0.2, 0) is 4.79 Å². The zero-order valence-electron chi connectivity index (χ0n) is 24.5. The Hall–Kier alpha value is -0.610. The Bertz CT molecular complexity index is 443. The number of amides is 1. The molecule has 3 N–H and O–H groups in total. The van der Waals surface area contributed by atoms with Gasteiger partial charge in [0.15, 0.2) is 0 Å². The average molecular weight is 512 g/mol. The summed E-state index contributed by atoms with van der Waals surface area (Å²) in [6.45, 7) is 4.29. The Morgan fingerprint density at radius 3 is 1.25 bits per heavy atom. The molecule has 0 spiro atoms. The molecule has 2 atom stereocenters. The molecule has 0 saturated heterocycles. The Labute approximate surface area is 225 Å². The summed E-state index contributed by atoms with van der Waals surface area (Å²) < 4.78 is 0. The number of aliphatic hydroxyl groups excluding tert-OH is 2. The Balaban J connectivity index is 3.47. The van der Waals surface area contributed by atoms with Crippen molar-refractivity contribution in [2.45, 2.75) is 193 Å². The van der Waals surface area contributed by atoms with E-state index in [1.807, 2.05) is 0 Å². The molecule has 0 fully saturated rings. The first-order chi connectivity index (χ1) is 17.7. The predicted molar refractivity (Wildman–Crippen MR) is 156 cm³/mol. The third-order valence-electron chi connectivity index (χ3n) is 7.62. The normalized spacial score (nSPS) is 13.1. The van der Waals surface area contributed by atoms with E-state index >= 15 is 0 Å². The van der Waals surface area contributed by atoms with Crippen molar-refractivity contribution in [1.82, 2.24) is 5.32 Å². The molecule has 0 saturated carbocycles. The lowest BCUT2D eigenvalue weighted by molar-refractivity contribution is -0.123. The molecule has 216 valence electrons. The van der Waals surface area contributed by atoms with Crippen LogP contribution in [0.1, 0.15) is 181 Å². The van der Waals surface area contributed by atoms with Gasteiger partial charge in [-0.05, 0) is 12.8 Å². The zero-order chi connectivity index (χ0) is 26.5. The van der Waals surface area contributed by atoms with Gasteiger partial charge in [-0.15, -0.1) is 0 Å². The molecule has 4 nitrogen and oxygen atoms in total. The standard InChI is InChI=1S/C32H65NO3/c1-3-5-7-9-11-12-13-14-15-16-17-18-19-20-21-22-23-25-27-31(35)30(29-34)33-32(36)28-26-24-10-8-6-4-2/h30-31,34-35H,3-29H2,1-2H3,(H,33,36). The van der Waals surface area contributed by atoms with Crippen molar-refractivity contribution in [3.63, 3.8) is 0 Å². The number of hydrogen-bond donors (Lipinski definition) is 3. The first-order valence-corrected chi connectivity index (χ1v) is 16.2. The summed E-state index contributed by atoms with van der Waals surface area (Å²) in [5.74, 6) is -0.0404. The molecule has 0 aliphatic heterocycles. The van der Waals surface area contributed by atoms with E-state index in [4.69, 9.17) is 0 Å². The van der Waals surface area contributed by atoms with E-state index < -0.39 is 12.1 Å². The van der Waals surface area contributed by atoms with Crippen molar-refractivity contribution < 1.29 is 15.0 Å². The van der Waals surface area contributed by atoms with Crippen LogP contribution in [-0.4, -0.2) is 34.9 Å². The average Bonchev–Trinajstić information content (AvgIpc) is 2.88.